The van der Waals surface area contributed by atoms with Gasteiger partial charge in [0.05, 0.1) is 13.1 Å². The zero-order chi connectivity index (χ0) is 24.1. The number of benzene rings is 2. The molecule has 1 aliphatic rings. The first-order valence-corrected chi connectivity index (χ1v) is 10.1. The van der Waals surface area contributed by atoms with Gasteiger partial charge in [-0.3, -0.25) is 9.59 Å². The highest BCUT2D eigenvalue weighted by Gasteiger charge is 2.28. The lowest BCUT2D eigenvalue weighted by molar-refractivity contribution is -0.126. The highest BCUT2D eigenvalue weighted by atomic mass is 19.2. The van der Waals surface area contributed by atoms with E-state index < -0.39 is 29.1 Å². The van der Waals surface area contributed by atoms with Crippen LogP contribution in [0.3, 0.4) is 0 Å². The van der Waals surface area contributed by atoms with Crippen LogP contribution in [-0.2, 0) is 9.59 Å². The van der Waals surface area contributed by atoms with Crippen LogP contribution in [0.2, 0.25) is 0 Å². The van der Waals surface area contributed by atoms with Crippen LogP contribution in [0.15, 0.2) is 59.7 Å². The van der Waals surface area contributed by atoms with E-state index in [0.717, 1.165) is 24.3 Å². The number of nitrogens with zero attached hydrogens (tertiary/aromatic N) is 2. The summed E-state index contributed by atoms with van der Waals surface area (Å²) >= 11 is 0. The normalized spacial score (nSPS) is 17.1. The Morgan fingerprint density at radius 1 is 0.879 bits per heavy atom. The van der Waals surface area contributed by atoms with Crippen molar-refractivity contribution in [2.24, 2.45) is 0 Å². The fraction of sp³-hybridized carbons (Fsp3) is 0.200. The Bertz CT molecular complexity index is 1100. The predicted octanol–water partition coefficient (Wildman–Crippen LogP) is 4.24. The van der Waals surface area contributed by atoms with Crippen LogP contribution >= 0.6 is 0 Å². The first kappa shape index (κ1) is 24.1. The van der Waals surface area contributed by atoms with Gasteiger partial charge in [0.2, 0.25) is 5.91 Å². The summed E-state index contributed by atoms with van der Waals surface area (Å²) in [5, 5.41) is 0. The maximum Gasteiger partial charge on any atom is 0.246 e. The largest absolute Gasteiger partial charge is 0.330 e. The lowest BCUT2D eigenvalue weighted by Crippen LogP contribution is -2.41. The minimum atomic E-state index is -1.07. The van der Waals surface area contributed by atoms with E-state index in [2.05, 4.69) is 0 Å². The third-order valence-electron chi connectivity index (χ3n) is 4.92. The summed E-state index contributed by atoms with van der Waals surface area (Å²) in [6, 6.07) is 6.42. The van der Waals surface area contributed by atoms with Gasteiger partial charge in [-0.15, -0.1) is 0 Å². The monoisotopic (exact) mass is 458 g/mol. The summed E-state index contributed by atoms with van der Waals surface area (Å²) in [7, 11) is 3.69. The van der Waals surface area contributed by atoms with E-state index in [0.29, 0.717) is 6.54 Å². The van der Waals surface area contributed by atoms with Crippen LogP contribution in [0.4, 0.5) is 17.6 Å². The van der Waals surface area contributed by atoms with E-state index in [1.807, 2.05) is 19.0 Å². The van der Waals surface area contributed by atoms with Crippen molar-refractivity contribution in [3.63, 3.8) is 0 Å². The van der Waals surface area contributed by atoms with Crippen molar-refractivity contribution in [2.75, 3.05) is 33.7 Å². The van der Waals surface area contributed by atoms with E-state index in [4.69, 9.17) is 0 Å². The minimum absolute atomic E-state index is 0.0436. The molecule has 0 aromatic heterocycles. The van der Waals surface area contributed by atoms with Crippen LogP contribution < -0.4 is 0 Å². The summed E-state index contributed by atoms with van der Waals surface area (Å²) < 4.78 is 53.8. The fourth-order valence-electron chi connectivity index (χ4n) is 3.27. The minimum Gasteiger partial charge on any atom is -0.330 e. The number of halogens is 4. The molecule has 1 amide bonds. The van der Waals surface area contributed by atoms with Crippen LogP contribution in [-0.4, -0.2) is 55.2 Å². The van der Waals surface area contributed by atoms with Gasteiger partial charge < -0.3 is 9.80 Å². The second-order valence-corrected chi connectivity index (χ2v) is 7.87. The van der Waals surface area contributed by atoms with Gasteiger partial charge in [-0.2, -0.15) is 0 Å². The number of amides is 1. The first-order chi connectivity index (χ1) is 15.6. The number of piperidine rings is 1. The molecule has 0 unspecified atom stereocenters. The van der Waals surface area contributed by atoms with Crippen molar-refractivity contribution in [1.29, 1.82) is 0 Å². The van der Waals surface area contributed by atoms with Crippen molar-refractivity contribution in [3.05, 3.63) is 94.1 Å². The van der Waals surface area contributed by atoms with Gasteiger partial charge in [0.15, 0.2) is 29.1 Å². The summed E-state index contributed by atoms with van der Waals surface area (Å²) in [6.07, 6.45) is 5.83. The van der Waals surface area contributed by atoms with E-state index in [1.54, 1.807) is 6.08 Å². The maximum atomic E-state index is 13.6. The Kier molecular flexibility index (Phi) is 7.60. The number of ketones is 1. The zero-order valence-electron chi connectivity index (χ0n) is 18.1. The van der Waals surface area contributed by atoms with Gasteiger partial charge in [0, 0.05) is 23.8 Å². The molecule has 1 aliphatic heterocycles. The van der Waals surface area contributed by atoms with Gasteiger partial charge in [-0.1, -0.05) is 18.2 Å². The number of hydrogen-bond donors (Lipinski definition) is 0. The van der Waals surface area contributed by atoms with Gasteiger partial charge >= 0.3 is 0 Å². The van der Waals surface area contributed by atoms with Crippen LogP contribution in [0.25, 0.3) is 12.2 Å². The average molecular weight is 458 g/mol. The number of likely N-dealkylation sites (N-methyl/N-ethyl adjacent to an activating group) is 1. The molecule has 0 saturated carbocycles. The average Bonchev–Trinajstić information content (AvgIpc) is 2.75. The van der Waals surface area contributed by atoms with E-state index in [-0.39, 0.29) is 41.3 Å². The van der Waals surface area contributed by atoms with Crippen LogP contribution in [0.5, 0.6) is 0 Å². The van der Waals surface area contributed by atoms with Crippen LogP contribution in [0.1, 0.15) is 11.1 Å². The molecule has 0 aliphatic carbocycles. The lowest BCUT2D eigenvalue weighted by atomic mass is 9.94. The second kappa shape index (κ2) is 10.4. The molecule has 1 fully saturated rings. The second-order valence-electron chi connectivity index (χ2n) is 7.87. The molecule has 0 atom stereocenters. The molecule has 4 nitrogen and oxygen atoms in total. The Balaban J connectivity index is 1.98. The molecule has 2 aromatic rings. The molecule has 8 heteroatoms. The molecule has 0 spiro atoms. The summed E-state index contributed by atoms with van der Waals surface area (Å²) in [6.45, 7) is 0.448. The number of likely N-dealkylation sites (tertiary alicyclic amines) is 1. The van der Waals surface area contributed by atoms with Crippen molar-refractivity contribution >= 4 is 23.8 Å². The predicted molar refractivity (Wildman–Crippen MR) is 118 cm³/mol. The third-order valence-corrected chi connectivity index (χ3v) is 4.92. The Morgan fingerprint density at radius 2 is 1.36 bits per heavy atom. The highest BCUT2D eigenvalue weighted by Crippen LogP contribution is 2.23. The number of rotatable bonds is 5. The van der Waals surface area contributed by atoms with E-state index in [9.17, 15) is 27.2 Å². The Morgan fingerprint density at radius 3 is 1.79 bits per heavy atom. The Labute approximate surface area is 189 Å². The van der Waals surface area contributed by atoms with Crippen molar-refractivity contribution < 1.29 is 27.2 Å². The van der Waals surface area contributed by atoms with Gasteiger partial charge in [-0.25, -0.2) is 17.6 Å². The summed E-state index contributed by atoms with van der Waals surface area (Å²) in [5.41, 5.74) is 0.856. The van der Waals surface area contributed by atoms with E-state index in [1.165, 1.54) is 35.3 Å². The molecular weight excluding hydrogens is 436 g/mol. The molecule has 172 valence electrons. The lowest BCUT2D eigenvalue weighted by Gasteiger charge is -2.29. The van der Waals surface area contributed by atoms with Gasteiger partial charge in [0.1, 0.15) is 0 Å². The quantitative estimate of drug-likeness (QED) is 0.497. The standard InChI is InChI=1S/C25H22F4N2O2/c1-30(2)9-3-4-24(32)31-14-18(10-16-5-7-20(26)22(28)12-16)25(33)19(15-31)11-17-6-8-21(27)23(29)13-17/h3-8,10-13H,9,14-15H2,1-2H3/b4-3-,18-10+,19-11+. The summed E-state index contributed by atoms with van der Waals surface area (Å²) in [5.74, 6) is -4.94. The molecule has 3 rings (SSSR count). The zero-order valence-corrected chi connectivity index (χ0v) is 18.1. The van der Waals surface area contributed by atoms with Gasteiger partial charge in [0.25, 0.3) is 0 Å². The Hall–Kier alpha value is -3.52. The smallest absolute Gasteiger partial charge is 0.246 e. The van der Waals surface area contributed by atoms with Crippen molar-refractivity contribution in [1.82, 2.24) is 9.80 Å². The summed E-state index contributed by atoms with van der Waals surface area (Å²) in [4.78, 5) is 29.1. The highest BCUT2D eigenvalue weighted by molar-refractivity contribution is 6.15. The fourth-order valence-corrected chi connectivity index (χ4v) is 3.27. The SMILES string of the molecule is CN(C)C/C=C\C(=O)N1C/C(=C\c2ccc(F)c(F)c2)C(=O)/C(=C/c2ccc(F)c(F)c2)C1. The van der Waals surface area contributed by atoms with Crippen molar-refractivity contribution in [3.8, 4) is 0 Å². The van der Waals surface area contributed by atoms with Crippen LogP contribution in [0, 0.1) is 23.3 Å². The number of carbonyl (C=O) groups excluding carboxylic acids is 2. The molecule has 2 aromatic carbocycles. The molecular formula is C25H22F4N2O2. The first-order valence-electron chi connectivity index (χ1n) is 10.1. The van der Waals surface area contributed by atoms with Crippen molar-refractivity contribution in [2.45, 2.75) is 0 Å². The third kappa shape index (κ3) is 6.26. The molecule has 1 saturated heterocycles. The van der Waals surface area contributed by atoms with Gasteiger partial charge in [-0.05, 0) is 61.6 Å². The van der Waals surface area contributed by atoms with E-state index >= 15 is 0 Å². The molecule has 33 heavy (non-hydrogen) atoms. The number of carbonyl (C=O) groups is 2. The maximum absolute atomic E-state index is 13.6. The molecule has 0 N–H and O–H groups in total. The topological polar surface area (TPSA) is 40.6 Å². The number of Topliss-reactive ketones (excluding diaryl/α,β-unsaturated/α-hetero) is 1. The molecule has 0 bridgehead atoms. The number of hydrogen-bond acceptors (Lipinski definition) is 3. The molecule has 0 radical (unpaired) electrons. The molecule has 1 heterocycles.